The summed E-state index contributed by atoms with van der Waals surface area (Å²) in [6.45, 7) is 0. The lowest BCUT2D eigenvalue weighted by atomic mass is 10.0. The van der Waals surface area contributed by atoms with Crippen molar-refractivity contribution in [3.05, 3.63) is 34.6 Å². The minimum Gasteiger partial charge on any atom is -0.478 e. The van der Waals surface area contributed by atoms with E-state index in [0.717, 1.165) is 0 Å². The number of hydrogen-bond donors (Lipinski definition) is 1. The van der Waals surface area contributed by atoms with E-state index in [0.29, 0.717) is 0 Å². The van der Waals surface area contributed by atoms with Crippen LogP contribution in [0.15, 0.2) is 12.1 Å². The van der Waals surface area contributed by atoms with Crippen LogP contribution in [0.5, 0.6) is 0 Å². The number of carbonyl (C=O) groups is 2. The lowest BCUT2D eigenvalue weighted by molar-refractivity contribution is -0.138. The van der Waals surface area contributed by atoms with E-state index < -0.39 is 34.7 Å². The van der Waals surface area contributed by atoms with Crippen LogP contribution in [0.25, 0.3) is 0 Å². The second-order valence-electron chi connectivity index (χ2n) is 2.84. The van der Waals surface area contributed by atoms with E-state index in [4.69, 9.17) is 5.11 Å². The quantitative estimate of drug-likeness (QED) is 0.633. The van der Waals surface area contributed by atoms with Crippen molar-refractivity contribution in [2.75, 3.05) is 0 Å². The molecule has 0 unspecified atom stereocenters. The third-order valence-electron chi connectivity index (χ3n) is 1.80. The Balaban J connectivity index is 3.55. The SMILES string of the molecule is O=Cc1cc(C(F)(F)F)c(C(=O)O)cc1F. The molecule has 0 aliphatic rings. The number of aldehydes is 1. The minimum atomic E-state index is -4.96. The summed E-state index contributed by atoms with van der Waals surface area (Å²) in [5, 5.41) is 8.46. The van der Waals surface area contributed by atoms with Gasteiger partial charge in [-0.15, -0.1) is 0 Å². The Hall–Kier alpha value is -1.92. The number of carbonyl (C=O) groups excluding carboxylic acids is 1. The van der Waals surface area contributed by atoms with Gasteiger partial charge in [0.15, 0.2) is 6.29 Å². The van der Waals surface area contributed by atoms with Gasteiger partial charge < -0.3 is 5.11 Å². The summed E-state index contributed by atoms with van der Waals surface area (Å²) in [6, 6.07) is 0.348. The molecule has 0 aliphatic heterocycles. The molecular formula is C9H4F4O3. The first-order valence-corrected chi connectivity index (χ1v) is 3.86. The average molecular weight is 236 g/mol. The number of hydrogen-bond acceptors (Lipinski definition) is 2. The molecule has 0 saturated carbocycles. The van der Waals surface area contributed by atoms with Gasteiger partial charge in [0.25, 0.3) is 0 Å². The Labute approximate surface area is 86.3 Å². The average Bonchev–Trinajstić information content (AvgIpc) is 2.15. The van der Waals surface area contributed by atoms with Crippen LogP contribution in [0.4, 0.5) is 17.6 Å². The van der Waals surface area contributed by atoms with Crippen LogP contribution in [-0.4, -0.2) is 17.4 Å². The highest BCUT2D eigenvalue weighted by Crippen LogP contribution is 2.33. The maximum Gasteiger partial charge on any atom is 0.417 e. The summed E-state index contributed by atoms with van der Waals surface area (Å²) in [6.07, 6.45) is -5.07. The van der Waals surface area contributed by atoms with Gasteiger partial charge >= 0.3 is 12.1 Å². The molecule has 0 heterocycles. The number of carboxylic acid groups (broad SMARTS) is 1. The van der Waals surface area contributed by atoms with E-state index in [9.17, 15) is 27.2 Å². The summed E-state index contributed by atoms with van der Waals surface area (Å²) in [5.41, 5.74) is -3.61. The topological polar surface area (TPSA) is 54.4 Å². The number of aromatic carboxylic acids is 1. The molecule has 7 heteroatoms. The first kappa shape index (κ1) is 12.2. The third kappa shape index (κ3) is 2.18. The van der Waals surface area contributed by atoms with Crippen LogP contribution in [0, 0.1) is 5.82 Å². The lowest BCUT2D eigenvalue weighted by Crippen LogP contribution is -2.14. The van der Waals surface area contributed by atoms with E-state index in [-0.39, 0.29) is 18.4 Å². The van der Waals surface area contributed by atoms with E-state index in [1.807, 2.05) is 0 Å². The summed E-state index contributed by atoms with van der Waals surface area (Å²) < 4.78 is 50.0. The molecule has 0 radical (unpaired) electrons. The van der Waals surface area contributed by atoms with Crippen LogP contribution < -0.4 is 0 Å². The lowest BCUT2D eigenvalue weighted by Gasteiger charge is -2.10. The first-order valence-electron chi connectivity index (χ1n) is 3.86. The van der Waals surface area contributed by atoms with Crippen molar-refractivity contribution in [3.8, 4) is 0 Å². The van der Waals surface area contributed by atoms with Crippen molar-refractivity contribution in [2.24, 2.45) is 0 Å². The van der Waals surface area contributed by atoms with Crippen LogP contribution >= 0.6 is 0 Å². The van der Waals surface area contributed by atoms with Crippen LogP contribution in [0.2, 0.25) is 0 Å². The van der Waals surface area contributed by atoms with Crippen LogP contribution in [-0.2, 0) is 6.18 Å². The van der Waals surface area contributed by atoms with Crippen molar-refractivity contribution < 1.29 is 32.3 Å². The fourth-order valence-electron chi connectivity index (χ4n) is 1.09. The van der Waals surface area contributed by atoms with Gasteiger partial charge in [0.1, 0.15) is 5.82 Å². The normalized spacial score (nSPS) is 11.2. The van der Waals surface area contributed by atoms with Gasteiger partial charge in [-0.1, -0.05) is 0 Å². The molecule has 0 spiro atoms. The third-order valence-corrected chi connectivity index (χ3v) is 1.80. The highest BCUT2D eigenvalue weighted by molar-refractivity contribution is 5.91. The fraction of sp³-hybridized carbons (Fsp3) is 0.111. The zero-order valence-corrected chi connectivity index (χ0v) is 7.51. The Morgan fingerprint density at radius 3 is 2.25 bits per heavy atom. The zero-order valence-electron chi connectivity index (χ0n) is 7.51. The Kier molecular flexibility index (Phi) is 2.97. The van der Waals surface area contributed by atoms with Gasteiger partial charge in [0, 0.05) is 0 Å². The Bertz CT molecular complexity index is 451. The molecule has 86 valence electrons. The summed E-state index contributed by atoms with van der Waals surface area (Å²) in [5.74, 6) is -3.22. The number of alkyl halides is 3. The monoisotopic (exact) mass is 236 g/mol. The molecule has 0 saturated heterocycles. The van der Waals surface area contributed by atoms with E-state index in [1.54, 1.807) is 0 Å². The van der Waals surface area contributed by atoms with Crippen molar-refractivity contribution in [1.82, 2.24) is 0 Å². The summed E-state index contributed by atoms with van der Waals surface area (Å²) in [7, 11) is 0. The predicted octanol–water partition coefficient (Wildman–Crippen LogP) is 2.36. The second kappa shape index (κ2) is 3.92. The van der Waals surface area contributed by atoms with Crippen molar-refractivity contribution >= 4 is 12.3 Å². The molecule has 0 aromatic heterocycles. The number of halogens is 4. The first-order chi connectivity index (χ1) is 7.27. The molecule has 0 atom stereocenters. The minimum absolute atomic E-state index is 0.115. The molecule has 1 aromatic rings. The smallest absolute Gasteiger partial charge is 0.417 e. The predicted molar refractivity (Wildman–Crippen MR) is 43.7 cm³/mol. The van der Waals surface area contributed by atoms with Gasteiger partial charge in [0.2, 0.25) is 0 Å². The molecule has 0 fully saturated rings. The second-order valence-corrected chi connectivity index (χ2v) is 2.84. The molecule has 1 rings (SSSR count). The van der Waals surface area contributed by atoms with Gasteiger partial charge in [-0.3, -0.25) is 4.79 Å². The van der Waals surface area contributed by atoms with Crippen LogP contribution in [0.3, 0.4) is 0 Å². The molecule has 1 aromatic carbocycles. The Morgan fingerprint density at radius 1 is 1.31 bits per heavy atom. The van der Waals surface area contributed by atoms with E-state index in [1.165, 1.54) is 0 Å². The van der Waals surface area contributed by atoms with Gasteiger partial charge in [-0.05, 0) is 12.1 Å². The van der Waals surface area contributed by atoms with Gasteiger partial charge in [-0.25, -0.2) is 9.18 Å². The molecule has 0 amide bonds. The maximum atomic E-state index is 12.9. The Morgan fingerprint density at radius 2 is 1.88 bits per heavy atom. The number of benzene rings is 1. The highest BCUT2D eigenvalue weighted by atomic mass is 19.4. The summed E-state index contributed by atoms with van der Waals surface area (Å²) in [4.78, 5) is 20.7. The van der Waals surface area contributed by atoms with Crippen molar-refractivity contribution in [2.45, 2.75) is 6.18 Å². The standard InChI is InChI=1S/C9H4F4O3/c10-7-2-5(8(15)16)6(9(11,12)13)1-4(7)3-14/h1-3H,(H,15,16). The summed E-state index contributed by atoms with van der Waals surface area (Å²) >= 11 is 0. The van der Waals surface area contributed by atoms with Crippen molar-refractivity contribution in [3.63, 3.8) is 0 Å². The van der Waals surface area contributed by atoms with Gasteiger partial charge in [0.05, 0.1) is 16.7 Å². The number of carboxylic acids is 1. The molecule has 0 bridgehead atoms. The van der Waals surface area contributed by atoms with E-state index in [2.05, 4.69) is 0 Å². The maximum absolute atomic E-state index is 12.9. The largest absolute Gasteiger partial charge is 0.478 e. The molecule has 0 aliphatic carbocycles. The van der Waals surface area contributed by atoms with Crippen molar-refractivity contribution in [1.29, 1.82) is 0 Å². The van der Waals surface area contributed by atoms with E-state index >= 15 is 0 Å². The van der Waals surface area contributed by atoms with Crippen LogP contribution in [0.1, 0.15) is 26.3 Å². The molecule has 16 heavy (non-hydrogen) atoms. The molecular weight excluding hydrogens is 232 g/mol. The highest BCUT2D eigenvalue weighted by Gasteiger charge is 2.36. The molecule has 3 nitrogen and oxygen atoms in total. The number of rotatable bonds is 2. The molecule has 1 N–H and O–H groups in total. The van der Waals surface area contributed by atoms with Gasteiger partial charge in [-0.2, -0.15) is 13.2 Å². The fourth-order valence-corrected chi connectivity index (χ4v) is 1.09. The zero-order chi connectivity index (χ0) is 12.5.